The van der Waals surface area contributed by atoms with Gasteiger partial charge in [-0.2, -0.15) is 10.2 Å². The number of aromatic nitrogens is 4. The highest BCUT2D eigenvalue weighted by Crippen LogP contribution is 2.72. The van der Waals surface area contributed by atoms with E-state index in [1.165, 1.54) is 30.6 Å². The number of carboxylic acids is 1. The number of pyridine rings is 1. The molecule has 4 aliphatic carbocycles. The first-order valence-electron chi connectivity index (χ1n) is 29.6. The molecule has 20 heteroatoms. The first-order valence-corrected chi connectivity index (χ1v) is 30.4. The summed E-state index contributed by atoms with van der Waals surface area (Å²) in [6.07, 6.45) is 19.6. The number of nitrogens with one attached hydrogen (secondary N) is 1. The van der Waals surface area contributed by atoms with Crippen LogP contribution >= 0.6 is 11.3 Å². The van der Waals surface area contributed by atoms with Crippen molar-refractivity contribution in [1.82, 2.24) is 34.9 Å². The van der Waals surface area contributed by atoms with Crippen LogP contribution in [0.3, 0.4) is 0 Å². The number of imide groups is 2. The smallest absolute Gasteiger partial charge is 0.355 e. The second kappa shape index (κ2) is 23.5. The lowest BCUT2D eigenvalue weighted by atomic mass is 9.39. The van der Waals surface area contributed by atoms with Crippen LogP contribution in [-0.2, 0) is 20.9 Å². The van der Waals surface area contributed by atoms with Crippen LogP contribution in [0.5, 0.6) is 5.75 Å². The third-order valence-corrected chi connectivity index (χ3v) is 19.2. The van der Waals surface area contributed by atoms with Crippen LogP contribution < -0.4 is 20.8 Å². The Hall–Kier alpha value is -7.16. The van der Waals surface area contributed by atoms with E-state index in [4.69, 9.17) is 25.4 Å². The lowest BCUT2D eigenvalue weighted by Gasteiger charge is -2.69. The Labute approximate surface area is 488 Å². The van der Waals surface area contributed by atoms with Crippen molar-refractivity contribution in [2.45, 2.75) is 155 Å². The Bertz CT molecular complexity index is 3400. The SMILES string of the molecule is CC(/C=N\c1nc2ccccc2s1)=C1\CCCN(c2ccc(-c3cnn(CC45CC6(C)CC(C)(C4)CC(OCCN(C)CCCCCCCCCOc4ccc7c(c4)C(=O)N(C4CCC(=O)NC4=O)C7=O)(C6)C5)c3C)c(C(=O)O)n2)\C1=N\N. The van der Waals surface area contributed by atoms with Crippen molar-refractivity contribution < 1.29 is 38.6 Å². The minimum absolute atomic E-state index is 0.00473. The predicted molar refractivity (Wildman–Crippen MR) is 319 cm³/mol. The maximum absolute atomic E-state index is 13.2. The van der Waals surface area contributed by atoms with E-state index in [0.717, 1.165) is 134 Å². The molecule has 19 nitrogen and oxygen atoms in total. The van der Waals surface area contributed by atoms with E-state index in [9.17, 15) is 29.1 Å². The maximum Gasteiger partial charge on any atom is 0.355 e. The molecular formula is C63H77N11O8S. The van der Waals surface area contributed by atoms with Crippen molar-refractivity contribution in [2.75, 3.05) is 44.8 Å². The Morgan fingerprint density at radius 1 is 0.867 bits per heavy atom. The van der Waals surface area contributed by atoms with Crippen LogP contribution in [0.1, 0.15) is 167 Å². The zero-order valence-corrected chi connectivity index (χ0v) is 49.3. The number of rotatable bonds is 23. The number of allylic oxidation sites excluding steroid dienone is 1. The second-order valence-corrected chi connectivity index (χ2v) is 26.3. The highest BCUT2D eigenvalue weighted by atomic mass is 32.1. The van der Waals surface area contributed by atoms with Crippen molar-refractivity contribution in [3.8, 4) is 16.9 Å². The number of hydrogen-bond acceptors (Lipinski definition) is 15. The first kappa shape index (κ1) is 57.6. The van der Waals surface area contributed by atoms with Crippen molar-refractivity contribution in [1.29, 1.82) is 0 Å². The van der Waals surface area contributed by atoms with E-state index in [1.807, 2.05) is 61.3 Å². The van der Waals surface area contributed by atoms with Gasteiger partial charge in [-0.3, -0.25) is 34.1 Å². The van der Waals surface area contributed by atoms with Crippen LogP contribution in [0.2, 0.25) is 0 Å². The monoisotopic (exact) mass is 1150 g/mol. The highest BCUT2D eigenvalue weighted by molar-refractivity contribution is 7.22. The number of likely N-dealkylation sites (N-methyl/N-ethyl adjacent to an activating group) is 1. The maximum atomic E-state index is 13.2. The number of amidine groups is 1. The first-order chi connectivity index (χ1) is 39.9. The van der Waals surface area contributed by atoms with E-state index in [0.29, 0.717) is 47.9 Å². The fourth-order valence-electron chi connectivity index (χ4n) is 15.6. The Kier molecular flexibility index (Phi) is 16.3. The molecule has 3 aromatic heterocycles. The Morgan fingerprint density at radius 3 is 2.35 bits per heavy atom. The number of anilines is 1. The number of aromatic carboxylic acids is 1. The molecule has 3 atom stereocenters. The van der Waals surface area contributed by atoms with Crippen LogP contribution in [0.25, 0.3) is 21.3 Å². The topological polar surface area (TPSA) is 240 Å². The summed E-state index contributed by atoms with van der Waals surface area (Å²) in [5, 5.41) is 22.8. The minimum atomic E-state index is -1.12. The van der Waals surface area contributed by atoms with E-state index >= 15 is 0 Å². The van der Waals surface area contributed by atoms with Crippen LogP contribution in [0, 0.1) is 23.2 Å². The lowest BCUT2D eigenvalue weighted by molar-refractivity contribution is -0.248. The van der Waals surface area contributed by atoms with Gasteiger partial charge in [-0.25, -0.2) is 19.8 Å². The second-order valence-electron chi connectivity index (χ2n) is 25.3. The number of unbranched alkanes of at least 4 members (excludes halogenated alkanes) is 6. The fraction of sp³-hybridized carbons (Fsp3) is 0.524. The molecule has 4 amide bonds. The summed E-state index contributed by atoms with van der Waals surface area (Å²) >= 11 is 1.53. The summed E-state index contributed by atoms with van der Waals surface area (Å²) < 4.78 is 16.3. The molecule has 6 heterocycles. The fourth-order valence-corrected chi connectivity index (χ4v) is 16.4. The number of piperidine rings is 2. The lowest BCUT2D eigenvalue weighted by Crippen LogP contribution is -2.64. The number of carbonyl (C=O) groups excluding carboxylic acids is 4. The standard InChI is InChI=1S/C63H77N11O8S/c1-40(31-65-59-67-48-17-11-12-18-50(48)83-59)43-16-15-26-72(54(43)70-64)51-23-21-44(53(68-51)58(79)80)47-32-66-73(41(47)2)39-62-34-60(3)33-61(4,35-62)37-63(36-60,38-62)82-29-27-71(5)25-13-9-7-6-8-10-14-28-81-42-19-20-45-46(30-42)57(78)74(56(45)77)49-22-24-52(75)69-55(49)76/h11-12,17-21,23,30-32,49H,6-10,13-16,22,24-29,33-39,64H2,1-5H3,(H,79,80)(H,69,75,76)/b43-40-,65-31-,70-54+. The van der Waals surface area contributed by atoms with Crippen molar-refractivity contribution in [2.24, 2.45) is 32.2 Å². The molecule has 3 aliphatic heterocycles. The number of benzene rings is 2. The van der Waals surface area contributed by atoms with Crippen molar-refractivity contribution in [3.05, 3.63) is 94.5 Å². The molecule has 83 heavy (non-hydrogen) atoms. The number of thiazole rings is 1. The molecule has 2 aromatic carbocycles. The number of para-hydroxylation sites is 1. The number of nitrogens with two attached hydrogens (primary N) is 1. The Morgan fingerprint density at radius 2 is 1.60 bits per heavy atom. The molecular weight excluding hydrogens is 1070 g/mol. The summed E-state index contributed by atoms with van der Waals surface area (Å²) in [6.45, 7) is 13.4. The summed E-state index contributed by atoms with van der Waals surface area (Å²) in [5.41, 5.74) is 5.48. The molecule has 4 bridgehead atoms. The number of fused-ring (bicyclic) bond motifs is 2. The number of ether oxygens (including phenoxy) is 2. The molecule has 4 saturated carbocycles. The van der Waals surface area contributed by atoms with Gasteiger partial charge in [0, 0.05) is 54.7 Å². The van der Waals surface area contributed by atoms with Crippen molar-refractivity contribution in [3.63, 3.8) is 0 Å². The zero-order valence-electron chi connectivity index (χ0n) is 48.5. The van der Waals surface area contributed by atoms with E-state index < -0.39 is 35.6 Å². The average molecular weight is 1150 g/mol. The third kappa shape index (κ3) is 12.0. The van der Waals surface area contributed by atoms with Crippen LogP contribution in [-0.4, -0.2) is 128 Å². The summed E-state index contributed by atoms with van der Waals surface area (Å²) in [7, 11) is 2.20. The number of nitrogens with zero attached hydrogens (tertiary/aromatic N) is 9. The normalized spacial score (nSPS) is 26.1. The van der Waals surface area contributed by atoms with Gasteiger partial charge in [0.2, 0.25) is 16.9 Å². The predicted octanol–water partition coefficient (Wildman–Crippen LogP) is 10.4. The highest BCUT2D eigenvalue weighted by Gasteiger charge is 2.66. The largest absolute Gasteiger partial charge is 0.494 e. The summed E-state index contributed by atoms with van der Waals surface area (Å²) in [5.74, 6) is 4.40. The average Bonchev–Trinajstić information content (AvgIpc) is 2.23. The van der Waals surface area contributed by atoms with E-state index in [2.05, 4.69) is 50.9 Å². The van der Waals surface area contributed by atoms with Gasteiger partial charge in [0.05, 0.1) is 46.4 Å². The molecule has 12 rings (SSSR count). The number of hydrazone groups is 1. The van der Waals surface area contributed by atoms with Gasteiger partial charge in [-0.15, -0.1) is 0 Å². The molecule has 438 valence electrons. The molecule has 2 saturated heterocycles. The molecule has 4 N–H and O–H groups in total. The van der Waals surface area contributed by atoms with Gasteiger partial charge in [-0.05, 0) is 162 Å². The number of carboxylic acid groups (broad SMARTS) is 1. The number of carbonyl (C=O) groups is 5. The van der Waals surface area contributed by atoms with E-state index in [1.54, 1.807) is 24.4 Å². The minimum Gasteiger partial charge on any atom is -0.494 e. The van der Waals surface area contributed by atoms with Crippen molar-refractivity contribution >= 4 is 74.2 Å². The summed E-state index contributed by atoms with van der Waals surface area (Å²) in [4.78, 5) is 82.7. The number of amides is 4. The Balaban J connectivity index is 0.639. The summed E-state index contributed by atoms with van der Waals surface area (Å²) in [6, 6.07) is 15.5. The van der Waals surface area contributed by atoms with Gasteiger partial charge in [0.15, 0.2) is 11.5 Å². The molecule has 6 fully saturated rings. The molecule has 7 aliphatic rings. The van der Waals surface area contributed by atoms with Gasteiger partial charge in [-0.1, -0.05) is 69.4 Å². The van der Waals surface area contributed by atoms with E-state index in [-0.39, 0.29) is 51.5 Å². The van der Waals surface area contributed by atoms with Gasteiger partial charge < -0.3 is 30.2 Å². The molecule has 0 spiro atoms. The third-order valence-electron chi connectivity index (χ3n) is 18.2. The quantitative estimate of drug-likeness (QED) is 0.0181. The zero-order chi connectivity index (χ0) is 58.3. The number of aliphatic imine (C=N–C) groups is 1. The molecule has 5 aromatic rings. The van der Waals surface area contributed by atoms with Gasteiger partial charge >= 0.3 is 5.97 Å². The number of hydrogen-bond donors (Lipinski definition) is 3. The molecule has 0 radical (unpaired) electrons. The van der Waals surface area contributed by atoms with Crippen LogP contribution in [0.4, 0.5) is 10.9 Å². The van der Waals surface area contributed by atoms with Gasteiger partial charge in [0.1, 0.15) is 17.6 Å². The molecule has 3 unspecified atom stereocenters. The van der Waals surface area contributed by atoms with Gasteiger partial charge in [0.25, 0.3) is 11.8 Å². The van der Waals surface area contributed by atoms with Crippen LogP contribution in [0.15, 0.2) is 82.0 Å².